The molecule has 0 bridgehead atoms. The number of rotatable bonds is 5. The molecule has 1 saturated heterocycles. The molecule has 0 atom stereocenters. The van der Waals surface area contributed by atoms with E-state index in [1.807, 2.05) is 11.8 Å². The number of nitrogens with one attached hydrogen (secondary N) is 1. The number of hydrogen-bond donors (Lipinski definition) is 1. The third kappa shape index (κ3) is 4.29. The van der Waals surface area contributed by atoms with Crippen LogP contribution in [-0.4, -0.2) is 31.2 Å². The van der Waals surface area contributed by atoms with Gasteiger partial charge in [-0.15, -0.1) is 0 Å². The molecule has 3 nitrogen and oxygen atoms in total. The zero-order chi connectivity index (χ0) is 20.2. The van der Waals surface area contributed by atoms with Gasteiger partial charge in [-0.1, -0.05) is 95.9 Å². The molecule has 0 spiro atoms. The lowest BCUT2D eigenvalue weighted by molar-refractivity contribution is 0.588. The first-order valence-electron chi connectivity index (χ1n) is 10.2. The number of thiazole rings is 1. The Kier molecular flexibility index (Phi) is 5.84. The minimum absolute atomic E-state index is 1.01. The Hall–Kier alpha value is -2.60. The van der Waals surface area contributed by atoms with Crippen molar-refractivity contribution in [2.24, 2.45) is 0 Å². The quantitative estimate of drug-likeness (QED) is 0.419. The average molecular weight is 430 g/mol. The molecule has 0 radical (unpaired) electrons. The van der Waals surface area contributed by atoms with Gasteiger partial charge in [0.15, 0.2) is 5.13 Å². The fraction of sp³-hybridized carbons (Fsp3) is 0.160. The summed E-state index contributed by atoms with van der Waals surface area (Å²) in [7, 11) is 0. The number of piperazine rings is 1. The van der Waals surface area contributed by atoms with E-state index in [1.54, 1.807) is 11.3 Å². The van der Waals surface area contributed by atoms with Gasteiger partial charge < -0.3 is 10.2 Å². The highest BCUT2D eigenvalue weighted by atomic mass is 32.2. The lowest BCUT2D eigenvalue weighted by atomic mass is 10.0. The van der Waals surface area contributed by atoms with Gasteiger partial charge in [0.25, 0.3) is 0 Å². The van der Waals surface area contributed by atoms with E-state index in [4.69, 9.17) is 4.98 Å². The van der Waals surface area contributed by atoms with Gasteiger partial charge in [-0.3, -0.25) is 0 Å². The van der Waals surface area contributed by atoms with Crippen LogP contribution in [0.5, 0.6) is 0 Å². The predicted molar refractivity (Wildman–Crippen MR) is 129 cm³/mol. The molecule has 0 saturated carbocycles. The molecule has 5 rings (SSSR count). The second-order valence-electron chi connectivity index (χ2n) is 7.23. The molecule has 0 aliphatic carbocycles. The van der Waals surface area contributed by atoms with E-state index in [2.05, 4.69) is 95.1 Å². The summed E-state index contributed by atoms with van der Waals surface area (Å²) in [4.78, 5) is 8.74. The van der Waals surface area contributed by atoms with Crippen molar-refractivity contribution >= 4 is 28.2 Å². The Morgan fingerprint density at radius 2 is 1.33 bits per heavy atom. The Labute approximate surface area is 185 Å². The van der Waals surface area contributed by atoms with E-state index < -0.39 is 0 Å². The van der Waals surface area contributed by atoms with Crippen LogP contribution >= 0.6 is 23.1 Å². The molecule has 0 unspecified atom stereocenters. The molecule has 2 heterocycles. The molecule has 4 aromatic rings. The summed E-state index contributed by atoms with van der Waals surface area (Å²) in [5, 5.41) is 4.55. The van der Waals surface area contributed by atoms with Crippen molar-refractivity contribution in [1.82, 2.24) is 10.3 Å². The van der Waals surface area contributed by atoms with Crippen molar-refractivity contribution in [3.8, 4) is 22.4 Å². The number of anilines is 1. The minimum atomic E-state index is 1.01. The SMILES string of the molecule is c1ccc(Sc2sc(N3CCNCC3)nc2-c2ccc(-c3ccccc3)cc2)cc1. The Morgan fingerprint density at radius 1 is 0.733 bits per heavy atom. The van der Waals surface area contributed by atoms with Crippen LogP contribution in [0.1, 0.15) is 0 Å². The molecule has 5 heteroatoms. The topological polar surface area (TPSA) is 28.2 Å². The molecule has 1 N–H and O–H groups in total. The Bertz CT molecular complexity index is 1090. The second kappa shape index (κ2) is 9.04. The van der Waals surface area contributed by atoms with Crippen molar-refractivity contribution in [2.75, 3.05) is 31.1 Å². The van der Waals surface area contributed by atoms with Gasteiger partial charge in [0.1, 0.15) is 0 Å². The van der Waals surface area contributed by atoms with Crippen molar-refractivity contribution in [1.29, 1.82) is 0 Å². The van der Waals surface area contributed by atoms with E-state index in [-0.39, 0.29) is 0 Å². The minimum Gasteiger partial charge on any atom is -0.345 e. The third-order valence-corrected chi connectivity index (χ3v) is 7.49. The van der Waals surface area contributed by atoms with E-state index >= 15 is 0 Å². The van der Waals surface area contributed by atoms with Gasteiger partial charge in [0, 0.05) is 36.6 Å². The smallest absolute Gasteiger partial charge is 0.187 e. The van der Waals surface area contributed by atoms with Crippen molar-refractivity contribution in [3.63, 3.8) is 0 Å². The molecule has 1 aromatic heterocycles. The highest BCUT2D eigenvalue weighted by Gasteiger charge is 2.20. The highest BCUT2D eigenvalue weighted by Crippen LogP contribution is 2.43. The zero-order valence-corrected chi connectivity index (χ0v) is 18.3. The lowest BCUT2D eigenvalue weighted by Gasteiger charge is -2.26. The van der Waals surface area contributed by atoms with Gasteiger partial charge in [-0.25, -0.2) is 4.98 Å². The van der Waals surface area contributed by atoms with Crippen LogP contribution in [0.25, 0.3) is 22.4 Å². The Balaban J connectivity index is 1.49. The maximum Gasteiger partial charge on any atom is 0.187 e. The fourth-order valence-corrected chi connectivity index (χ4v) is 5.91. The highest BCUT2D eigenvalue weighted by molar-refractivity contribution is 8.01. The van der Waals surface area contributed by atoms with Crippen LogP contribution in [0, 0.1) is 0 Å². The van der Waals surface area contributed by atoms with Crippen molar-refractivity contribution in [2.45, 2.75) is 9.10 Å². The zero-order valence-electron chi connectivity index (χ0n) is 16.6. The maximum absolute atomic E-state index is 5.10. The van der Waals surface area contributed by atoms with Crippen LogP contribution in [0.2, 0.25) is 0 Å². The third-order valence-electron chi connectivity index (χ3n) is 5.19. The summed E-state index contributed by atoms with van der Waals surface area (Å²) >= 11 is 3.61. The number of hydrogen-bond acceptors (Lipinski definition) is 5. The number of benzene rings is 3. The van der Waals surface area contributed by atoms with E-state index in [1.165, 1.54) is 25.8 Å². The summed E-state index contributed by atoms with van der Waals surface area (Å²) in [5.41, 5.74) is 4.73. The first-order valence-corrected chi connectivity index (χ1v) is 11.9. The largest absolute Gasteiger partial charge is 0.345 e. The summed E-state index contributed by atoms with van der Waals surface area (Å²) in [6, 6.07) is 29.9. The average Bonchev–Trinajstić information content (AvgIpc) is 3.25. The molecule has 150 valence electrons. The summed E-state index contributed by atoms with van der Waals surface area (Å²) in [6.45, 7) is 4.05. The predicted octanol–water partition coefficient (Wildman–Crippen LogP) is 6.04. The molecule has 1 aliphatic rings. The molecular formula is C25H23N3S2. The molecule has 3 aromatic carbocycles. The maximum atomic E-state index is 5.10. The first-order chi connectivity index (χ1) is 14.9. The first kappa shape index (κ1) is 19.4. The van der Waals surface area contributed by atoms with Gasteiger partial charge >= 0.3 is 0 Å². The van der Waals surface area contributed by atoms with Crippen LogP contribution in [0.4, 0.5) is 5.13 Å². The molecule has 1 fully saturated rings. The van der Waals surface area contributed by atoms with Gasteiger partial charge in [0.2, 0.25) is 0 Å². The monoisotopic (exact) mass is 429 g/mol. The van der Waals surface area contributed by atoms with Crippen LogP contribution in [0.15, 0.2) is 94.0 Å². The molecule has 0 amide bonds. The summed E-state index contributed by atoms with van der Waals surface area (Å²) in [5.74, 6) is 0. The van der Waals surface area contributed by atoms with Gasteiger partial charge in [-0.2, -0.15) is 0 Å². The van der Waals surface area contributed by atoms with Crippen molar-refractivity contribution in [3.05, 3.63) is 84.9 Å². The lowest BCUT2D eigenvalue weighted by Crippen LogP contribution is -2.43. The summed E-state index contributed by atoms with van der Waals surface area (Å²) in [6.07, 6.45) is 0. The van der Waals surface area contributed by atoms with Crippen molar-refractivity contribution < 1.29 is 0 Å². The molecular weight excluding hydrogens is 406 g/mol. The van der Waals surface area contributed by atoms with Crippen LogP contribution < -0.4 is 10.2 Å². The van der Waals surface area contributed by atoms with E-state index in [0.29, 0.717) is 0 Å². The molecule has 30 heavy (non-hydrogen) atoms. The number of aromatic nitrogens is 1. The van der Waals surface area contributed by atoms with Crippen LogP contribution in [-0.2, 0) is 0 Å². The second-order valence-corrected chi connectivity index (χ2v) is 9.55. The van der Waals surface area contributed by atoms with E-state index in [9.17, 15) is 0 Å². The normalized spacial score (nSPS) is 14.1. The van der Waals surface area contributed by atoms with Gasteiger partial charge in [-0.05, 0) is 23.3 Å². The van der Waals surface area contributed by atoms with Gasteiger partial charge in [0.05, 0.1) is 9.90 Å². The Morgan fingerprint density at radius 3 is 2.03 bits per heavy atom. The number of nitrogens with zero attached hydrogens (tertiary/aromatic N) is 2. The van der Waals surface area contributed by atoms with Crippen LogP contribution in [0.3, 0.4) is 0 Å². The standard InChI is InChI=1S/C25H23N3S2/c1-3-7-19(8-4-1)20-11-13-21(14-12-20)23-24(29-22-9-5-2-6-10-22)30-25(27-23)28-17-15-26-16-18-28/h1-14,26H,15-18H2. The fourth-order valence-electron chi connectivity index (χ4n) is 3.59. The molecule has 1 aliphatic heterocycles. The van der Waals surface area contributed by atoms with E-state index in [0.717, 1.165) is 37.0 Å². The summed E-state index contributed by atoms with van der Waals surface area (Å²) < 4.78 is 1.25.